The number of rotatable bonds is 3. The first kappa shape index (κ1) is 12.2. The summed E-state index contributed by atoms with van der Waals surface area (Å²) in [6, 6.07) is 0.838. The predicted molar refractivity (Wildman–Crippen MR) is 49.2 cm³/mol. The first-order chi connectivity index (χ1) is 7.30. The number of nitrogens with one attached hydrogen (secondary N) is 1. The van der Waals surface area contributed by atoms with Crippen molar-refractivity contribution < 1.29 is 17.9 Å². The molecule has 88 valence electrons. The Morgan fingerprint density at radius 2 is 2.19 bits per heavy atom. The SMILES string of the molecule is CC(Oc1nccc(C(=N)N)n1)C(F)(F)F. The van der Waals surface area contributed by atoms with Crippen LogP contribution < -0.4 is 10.5 Å². The number of alkyl halides is 3. The van der Waals surface area contributed by atoms with Gasteiger partial charge in [0.15, 0.2) is 6.10 Å². The lowest BCUT2D eigenvalue weighted by Crippen LogP contribution is -2.32. The van der Waals surface area contributed by atoms with E-state index in [0.717, 1.165) is 6.92 Å². The second-order valence-electron chi connectivity index (χ2n) is 2.94. The minimum Gasteiger partial charge on any atom is -0.451 e. The molecular formula is C8H9F3N4O. The normalized spacial score (nSPS) is 13.2. The van der Waals surface area contributed by atoms with Crippen LogP contribution in [0.15, 0.2) is 12.3 Å². The molecule has 0 saturated heterocycles. The summed E-state index contributed by atoms with van der Waals surface area (Å²) in [5.74, 6) is -0.369. The summed E-state index contributed by atoms with van der Waals surface area (Å²) >= 11 is 0. The first-order valence-corrected chi connectivity index (χ1v) is 4.21. The quantitative estimate of drug-likeness (QED) is 0.605. The van der Waals surface area contributed by atoms with Gasteiger partial charge in [-0.3, -0.25) is 5.41 Å². The maximum absolute atomic E-state index is 12.1. The highest BCUT2D eigenvalue weighted by molar-refractivity contribution is 5.92. The van der Waals surface area contributed by atoms with Crippen LogP contribution in [0.2, 0.25) is 0 Å². The monoisotopic (exact) mass is 234 g/mol. The molecule has 3 N–H and O–H groups in total. The van der Waals surface area contributed by atoms with Crippen LogP contribution in [-0.2, 0) is 0 Å². The Morgan fingerprint density at radius 3 is 2.69 bits per heavy atom. The van der Waals surface area contributed by atoms with Crippen LogP contribution in [0.1, 0.15) is 12.6 Å². The van der Waals surface area contributed by atoms with Crippen molar-refractivity contribution >= 4 is 5.84 Å². The van der Waals surface area contributed by atoms with Gasteiger partial charge in [-0.05, 0) is 13.0 Å². The molecule has 0 bridgehead atoms. The smallest absolute Gasteiger partial charge is 0.425 e. The predicted octanol–water partition coefficient (Wildman–Crippen LogP) is 1.09. The molecule has 0 aliphatic carbocycles. The third-order valence-corrected chi connectivity index (χ3v) is 1.65. The minimum atomic E-state index is -4.49. The van der Waals surface area contributed by atoms with Gasteiger partial charge >= 0.3 is 12.2 Å². The summed E-state index contributed by atoms with van der Waals surface area (Å²) in [5.41, 5.74) is 5.13. The van der Waals surface area contributed by atoms with E-state index in [1.807, 2.05) is 0 Å². The zero-order valence-corrected chi connectivity index (χ0v) is 8.25. The highest BCUT2D eigenvalue weighted by Crippen LogP contribution is 2.22. The lowest BCUT2D eigenvalue weighted by molar-refractivity contribution is -0.190. The van der Waals surface area contributed by atoms with Crippen LogP contribution in [0.3, 0.4) is 0 Å². The number of aromatic nitrogens is 2. The summed E-state index contributed by atoms with van der Waals surface area (Å²) in [7, 11) is 0. The zero-order valence-electron chi connectivity index (χ0n) is 8.25. The van der Waals surface area contributed by atoms with Crippen LogP contribution in [0.4, 0.5) is 13.2 Å². The maximum atomic E-state index is 12.1. The van der Waals surface area contributed by atoms with Gasteiger partial charge in [0.2, 0.25) is 0 Å². The second kappa shape index (κ2) is 4.33. The van der Waals surface area contributed by atoms with Crippen molar-refractivity contribution in [2.75, 3.05) is 0 Å². The van der Waals surface area contributed by atoms with E-state index >= 15 is 0 Å². The van der Waals surface area contributed by atoms with Gasteiger partial charge in [0, 0.05) is 6.20 Å². The molecule has 1 unspecified atom stereocenters. The Hall–Kier alpha value is -1.86. The highest BCUT2D eigenvalue weighted by Gasteiger charge is 2.38. The van der Waals surface area contributed by atoms with Gasteiger partial charge in [0.25, 0.3) is 0 Å². The third kappa shape index (κ3) is 3.07. The van der Waals surface area contributed by atoms with Gasteiger partial charge in [-0.25, -0.2) is 4.98 Å². The Labute approximate surface area is 89.0 Å². The molecule has 0 fully saturated rings. The van der Waals surface area contributed by atoms with Crippen molar-refractivity contribution in [2.45, 2.75) is 19.2 Å². The minimum absolute atomic E-state index is 0.0133. The molecular weight excluding hydrogens is 225 g/mol. The summed E-state index contributed by atoms with van der Waals surface area (Å²) in [6.45, 7) is 0.837. The first-order valence-electron chi connectivity index (χ1n) is 4.21. The van der Waals surface area contributed by atoms with E-state index < -0.39 is 18.3 Å². The highest BCUT2D eigenvalue weighted by atomic mass is 19.4. The molecule has 0 aromatic carbocycles. The summed E-state index contributed by atoms with van der Waals surface area (Å²) < 4.78 is 40.9. The Morgan fingerprint density at radius 1 is 1.56 bits per heavy atom. The Kier molecular flexibility index (Phi) is 3.31. The van der Waals surface area contributed by atoms with Crippen molar-refractivity contribution in [3.05, 3.63) is 18.0 Å². The third-order valence-electron chi connectivity index (χ3n) is 1.65. The zero-order chi connectivity index (χ0) is 12.3. The van der Waals surface area contributed by atoms with E-state index in [1.54, 1.807) is 0 Å². The van der Waals surface area contributed by atoms with Crippen molar-refractivity contribution in [1.29, 1.82) is 5.41 Å². The van der Waals surface area contributed by atoms with Crippen molar-refractivity contribution in [1.82, 2.24) is 9.97 Å². The summed E-state index contributed by atoms with van der Waals surface area (Å²) in [4.78, 5) is 7.03. The van der Waals surface area contributed by atoms with E-state index in [4.69, 9.17) is 11.1 Å². The molecule has 1 heterocycles. The van der Waals surface area contributed by atoms with Crippen LogP contribution in [0.25, 0.3) is 0 Å². The van der Waals surface area contributed by atoms with Crippen molar-refractivity contribution in [3.8, 4) is 6.01 Å². The number of hydrogen-bond donors (Lipinski definition) is 2. The molecule has 1 aromatic heterocycles. The number of nitrogens with two attached hydrogens (primary N) is 1. The van der Waals surface area contributed by atoms with E-state index in [9.17, 15) is 13.2 Å². The number of ether oxygens (including phenoxy) is 1. The number of halogens is 3. The fourth-order valence-corrected chi connectivity index (χ4v) is 0.773. The average Bonchev–Trinajstić information content (AvgIpc) is 2.16. The van der Waals surface area contributed by atoms with E-state index in [1.165, 1.54) is 12.3 Å². The standard InChI is InChI=1S/C8H9F3N4O/c1-4(8(9,10)11)16-7-14-3-2-5(15-7)6(12)13/h2-4H,1H3,(H3,12,13). The van der Waals surface area contributed by atoms with Gasteiger partial charge in [0.1, 0.15) is 11.5 Å². The molecule has 0 aliphatic heterocycles. The van der Waals surface area contributed by atoms with E-state index in [0.29, 0.717) is 0 Å². The van der Waals surface area contributed by atoms with Crippen LogP contribution >= 0.6 is 0 Å². The second-order valence-corrected chi connectivity index (χ2v) is 2.94. The molecule has 0 aliphatic rings. The lowest BCUT2D eigenvalue weighted by atomic mass is 10.4. The summed E-state index contributed by atoms with van der Waals surface area (Å²) in [6.07, 6.45) is -5.34. The molecule has 16 heavy (non-hydrogen) atoms. The van der Waals surface area contributed by atoms with Crippen LogP contribution in [0.5, 0.6) is 6.01 Å². The van der Waals surface area contributed by atoms with Crippen LogP contribution in [-0.4, -0.2) is 28.1 Å². The number of amidine groups is 1. The van der Waals surface area contributed by atoms with Gasteiger partial charge in [-0.1, -0.05) is 0 Å². The van der Waals surface area contributed by atoms with Crippen molar-refractivity contribution in [3.63, 3.8) is 0 Å². The molecule has 1 atom stereocenters. The summed E-state index contributed by atoms with van der Waals surface area (Å²) in [5, 5.41) is 7.05. The lowest BCUT2D eigenvalue weighted by Gasteiger charge is -2.16. The van der Waals surface area contributed by atoms with E-state index in [2.05, 4.69) is 14.7 Å². The molecule has 1 rings (SSSR count). The van der Waals surface area contributed by atoms with Gasteiger partial charge in [0.05, 0.1) is 0 Å². The van der Waals surface area contributed by atoms with Crippen LogP contribution in [0, 0.1) is 5.41 Å². The topological polar surface area (TPSA) is 84.9 Å². The van der Waals surface area contributed by atoms with Gasteiger partial charge in [-0.2, -0.15) is 18.2 Å². The molecule has 8 heteroatoms. The van der Waals surface area contributed by atoms with Gasteiger partial charge in [-0.15, -0.1) is 0 Å². The molecule has 0 saturated carbocycles. The average molecular weight is 234 g/mol. The molecule has 0 radical (unpaired) electrons. The fourth-order valence-electron chi connectivity index (χ4n) is 0.773. The number of nitrogens with zero attached hydrogens (tertiary/aromatic N) is 2. The van der Waals surface area contributed by atoms with Crippen molar-refractivity contribution in [2.24, 2.45) is 5.73 Å². The number of nitrogen functional groups attached to an aromatic ring is 1. The maximum Gasteiger partial charge on any atom is 0.425 e. The molecule has 0 amide bonds. The molecule has 0 spiro atoms. The number of hydrogen-bond acceptors (Lipinski definition) is 4. The van der Waals surface area contributed by atoms with Gasteiger partial charge < -0.3 is 10.5 Å². The molecule has 5 nitrogen and oxygen atoms in total. The largest absolute Gasteiger partial charge is 0.451 e. The van der Waals surface area contributed by atoms with E-state index in [-0.39, 0.29) is 11.5 Å². The molecule has 1 aromatic rings. The Bertz CT molecular complexity index is 393. The fraction of sp³-hybridized carbons (Fsp3) is 0.375. The Balaban J connectivity index is 2.82.